The molecule has 0 aliphatic carbocycles. The Morgan fingerprint density at radius 3 is 2.50 bits per heavy atom. The zero-order chi connectivity index (χ0) is 13.9. The molecule has 0 bridgehead atoms. The third-order valence-electron chi connectivity index (χ3n) is 3.62. The van der Waals surface area contributed by atoms with E-state index in [1.807, 2.05) is 13.8 Å². The molecule has 0 saturated carbocycles. The molecule has 0 aromatic heterocycles. The van der Waals surface area contributed by atoms with Crippen molar-refractivity contribution < 1.29 is 9.53 Å². The monoisotopic (exact) mass is 256 g/mol. The molecule has 1 aliphatic rings. The second-order valence-electron chi connectivity index (χ2n) is 6.73. The molecule has 3 atom stereocenters. The maximum atomic E-state index is 11.9. The fourth-order valence-corrected chi connectivity index (χ4v) is 2.13. The van der Waals surface area contributed by atoms with Crippen LogP contribution in [0, 0.1) is 11.3 Å². The van der Waals surface area contributed by atoms with E-state index < -0.39 is 6.04 Å². The van der Waals surface area contributed by atoms with Crippen LogP contribution in [0.2, 0.25) is 0 Å². The fraction of sp³-hybridized carbons (Fsp3) is 0.929. The van der Waals surface area contributed by atoms with Crippen LogP contribution in [-0.4, -0.2) is 30.7 Å². The largest absolute Gasteiger partial charge is 0.378 e. The molecule has 4 nitrogen and oxygen atoms in total. The van der Waals surface area contributed by atoms with Gasteiger partial charge in [-0.15, -0.1) is 0 Å². The number of ether oxygens (including phenoxy) is 1. The van der Waals surface area contributed by atoms with Crippen LogP contribution < -0.4 is 11.1 Å². The highest BCUT2D eigenvalue weighted by Crippen LogP contribution is 2.29. The lowest BCUT2D eigenvalue weighted by Crippen LogP contribution is -2.51. The molecule has 0 radical (unpaired) electrons. The predicted octanol–water partition coefficient (Wildman–Crippen LogP) is 1.68. The van der Waals surface area contributed by atoms with Gasteiger partial charge in [-0.05, 0) is 24.2 Å². The number of nitrogens with one attached hydrogen (secondary N) is 1. The number of carbonyl (C=O) groups is 1. The highest BCUT2D eigenvalue weighted by atomic mass is 16.5. The Bertz CT molecular complexity index is 284. The van der Waals surface area contributed by atoms with E-state index in [2.05, 4.69) is 26.1 Å². The number of nitrogens with two attached hydrogens (primary N) is 1. The lowest BCUT2D eigenvalue weighted by Gasteiger charge is -2.38. The van der Waals surface area contributed by atoms with Crippen LogP contribution in [0.5, 0.6) is 0 Å². The van der Waals surface area contributed by atoms with E-state index in [1.165, 1.54) is 0 Å². The molecule has 1 aliphatic heterocycles. The van der Waals surface area contributed by atoms with Crippen molar-refractivity contribution in [1.82, 2.24) is 5.32 Å². The number of hydrogen-bond donors (Lipinski definition) is 2. The van der Waals surface area contributed by atoms with Gasteiger partial charge in [-0.3, -0.25) is 4.79 Å². The molecular weight excluding hydrogens is 228 g/mol. The van der Waals surface area contributed by atoms with Crippen LogP contribution in [0.3, 0.4) is 0 Å². The second kappa shape index (κ2) is 6.02. The summed E-state index contributed by atoms with van der Waals surface area (Å²) in [5.74, 6) is 0.132. The molecular formula is C14H28N2O2. The number of rotatable bonds is 3. The van der Waals surface area contributed by atoms with E-state index >= 15 is 0 Å². The normalized spacial score (nSPS) is 27.1. The topological polar surface area (TPSA) is 64.4 Å². The Kier molecular flexibility index (Phi) is 5.17. The lowest BCUT2D eigenvalue weighted by atomic mass is 9.83. The van der Waals surface area contributed by atoms with Gasteiger partial charge < -0.3 is 15.8 Å². The van der Waals surface area contributed by atoms with Gasteiger partial charge in [0.15, 0.2) is 0 Å². The molecule has 1 amide bonds. The van der Waals surface area contributed by atoms with Gasteiger partial charge in [-0.2, -0.15) is 0 Å². The first kappa shape index (κ1) is 15.4. The second-order valence-corrected chi connectivity index (χ2v) is 6.73. The Morgan fingerprint density at radius 1 is 1.39 bits per heavy atom. The maximum Gasteiger partial charge on any atom is 0.237 e. The van der Waals surface area contributed by atoms with Gasteiger partial charge in [-0.25, -0.2) is 0 Å². The average Bonchev–Trinajstić information content (AvgIpc) is 2.27. The molecule has 4 heteroatoms. The van der Waals surface area contributed by atoms with Crippen LogP contribution in [0.4, 0.5) is 0 Å². The Balaban J connectivity index is 2.50. The summed E-state index contributed by atoms with van der Waals surface area (Å²) in [7, 11) is 0. The van der Waals surface area contributed by atoms with Crippen molar-refractivity contribution in [3.63, 3.8) is 0 Å². The fourth-order valence-electron chi connectivity index (χ4n) is 2.13. The Hall–Kier alpha value is -0.610. The summed E-state index contributed by atoms with van der Waals surface area (Å²) in [5, 5.41) is 3.06. The zero-order valence-electron chi connectivity index (χ0n) is 12.3. The third kappa shape index (κ3) is 4.25. The summed E-state index contributed by atoms with van der Waals surface area (Å²) in [5.41, 5.74) is 5.97. The summed E-state index contributed by atoms with van der Waals surface area (Å²) >= 11 is 0. The van der Waals surface area contributed by atoms with E-state index in [-0.39, 0.29) is 29.4 Å². The van der Waals surface area contributed by atoms with Gasteiger partial charge >= 0.3 is 0 Å². The van der Waals surface area contributed by atoms with Gasteiger partial charge in [0.2, 0.25) is 5.91 Å². The summed E-state index contributed by atoms with van der Waals surface area (Å²) in [4.78, 5) is 11.9. The molecule has 0 aromatic carbocycles. The highest BCUT2D eigenvalue weighted by Gasteiger charge is 2.33. The van der Waals surface area contributed by atoms with Gasteiger partial charge in [0, 0.05) is 12.6 Å². The standard InChI is InChI=1S/C14H28N2O2/c1-9(2)12(15)13(17)16-10-6-7-18-11(8-10)14(3,4)5/h9-12H,6-8,15H2,1-5H3,(H,16,17)/t10?,11?,12-/m0/s1. The molecule has 0 aromatic rings. The van der Waals surface area contributed by atoms with Crippen LogP contribution in [0.15, 0.2) is 0 Å². The van der Waals surface area contributed by atoms with Crippen LogP contribution in [0.25, 0.3) is 0 Å². The van der Waals surface area contributed by atoms with Gasteiger partial charge in [0.1, 0.15) is 0 Å². The molecule has 1 rings (SSSR count). The zero-order valence-corrected chi connectivity index (χ0v) is 12.3. The Morgan fingerprint density at radius 2 is 2.00 bits per heavy atom. The first-order chi connectivity index (χ1) is 8.21. The molecule has 18 heavy (non-hydrogen) atoms. The first-order valence-corrected chi connectivity index (χ1v) is 6.89. The molecule has 0 spiro atoms. The van der Waals surface area contributed by atoms with Crippen molar-refractivity contribution in [2.45, 2.75) is 65.6 Å². The smallest absolute Gasteiger partial charge is 0.237 e. The van der Waals surface area contributed by atoms with Crippen molar-refractivity contribution in [2.75, 3.05) is 6.61 Å². The van der Waals surface area contributed by atoms with Gasteiger partial charge in [-0.1, -0.05) is 34.6 Å². The Labute approximate surface area is 111 Å². The van der Waals surface area contributed by atoms with Crippen LogP contribution in [0.1, 0.15) is 47.5 Å². The quantitative estimate of drug-likeness (QED) is 0.807. The minimum atomic E-state index is -0.416. The summed E-state index contributed by atoms with van der Waals surface area (Å²) in [6.07, 6.45) is 1.95. The van der Waals surface area contributed by atoms with E-state index in [4.69, 9.17) is 10.5 Å². The number of amides is 1. The van der Waals surface area contributed by atoms with Gasteiger partial charge in [0.05, 0.1) is 12.1 Å². The van der Waals surface area contributed by atoms with Crippen molar-refractivity contribution in [1.29, 1.82) is 0 Å². The third-order valence-corrected chi connectivity index (χ3v) is 3.62. The molecule has 1 fully saturated rings. The summed E-state index contributed by atoms with van der Waals surface area (Å²) in [6, 6.07) is -0.221. The van der Waals surface area contributed by atoms with E-state index in [0.29, 0.717) is 6.61 Å². The van der Waals surface area contributed by atoms with Crippen molar-refractivity contribution >= 4 is 5.91 Å². The summed E-state index contributed by atoms with van der Waals surface area (Å²) in [6.45, 7) is 11.1. The van der Waals surface area contributed by atoms with E-state index in [9.17, 15) is 4.79 Å². The van der Waals surface area contributed by atoms with Crippen LogP contribution >= 0.6 is 0 Å². The molecule has 1 heterocycles. The molecule has 1 saturated heterocycles. The SMILES string of the molecule is CC(C)[C@H](N)C(=O)NC1CCOC(C(C)(C)C)C1. The highest BCUT2D eigenvalue weighted by molar-refractivity contribution is 5.82. The molecule has 2 unspecified atom stereocenters. The minimum absolute atomic E-state index is 0.0374. The van der Waals surface area contributed by atoms with Crippen molar-refractivity contribution in [3.05, 3.63) is 0 Å². The van der Waals surface area contributed by atoms with E-state index in [1.54, 1.807) is 0 Å². The van der Waals surface area contributed by atoms with Crippen molar-refractivity contribution in [2.24, 2.45) is 17.1 Å². The number of carbonyl (C=O) groups excluding carboxylic acids is 1. The maximum absolute atomic E-state index is 11.9. The van der Waals surface area contributed by atoms with Crippen molar-refractivity contribution in [3.8, 4) is 0 Å². The predicted molar refractivity (Wildman–Crippen MR) is 73.2 cm³/mol. The van der Waals surface area contributed by atoms with E-state index in [0.717, 1.165) is 12.8 Å². The molecule has 106 valence electrons. The van der Waals surface area contributed by atoms with Gasteiger partial charge in [0.25, 0.3) is 0 Å². The van der Waals surface area contributed by atoms with Crippen LogP contribution in [-0.2, 0) is 9.53 Å². The first-order valence-electron chi connectivity index (χ1n) is 6.89. The molecule has 3 N–H and O–H groups in total. The summed E-state index contributed by atoms with van der Waals surface area (Å²) < 4.78 is 5.78. The minimum Gasteiger partial charge on any atom is -0.378 e. The number of hydrogen-bond acceptors (Lipinski definition) is 3. The lowest BCUT2D eigenvalue weighted by molar-refractivity contribution is -0.126. The average molecular weight is 256 g/mol.